The van der Waals surface area contributed by atoms with Crippen LogP contribution in [0.4, 0.5) is 11.5 Å². The van der Waals surface area contributed by atoms with E-state index in [4.69, 9.17) is 17.3 Å². The van der Waals surface area contributed by atoms with Crippen molar-refractivity contribution >= 4 is 32.9 Å². The van der Waals surface area contributed by atoms with Crippen molar-refractivity contribution in [1.29, 1.82) is 0 Å². The van der Waals surface area contributed by atoms with Gasteiger partial charge in [0.25, 0.3) is 0 Å². The third kappa shape index (κ3) is 2.98. The molecule has 2 heterocycles. The lowest BCUT2D eigenvalue weighted by Crippen LogP contribution is -2.17. The highest BCUT2D eigenvalue weighted by Gasteiger charge is 2.27. The second-order valence-electron chi connectivity index (χ2n) is 4.08. The molecule has 1 unspecified atom stereocenters. The first-order chi connectivity index (χ1) is 7.98. The number of nitrogens with zero attached hydrogens (tertiary/aromatic N) is 2. The summed E-state index contributed by atoms with van der Waals surface area (Å²) in [6, 6.07) is 0. The maximum atomic E-state index is 11.3. The van der Waals surface area contributed by atoms with E-state index in [-0.39, 0.29) is 28.3 Å². The van der Waals surface area contributed by atoms with Crippen molar-refractivity contribution < 1.29 is 8.42 Å². The van der Waals surface area contributed by atoms with Gasteiger partial charge in [0.2, 0.25) is 0 Å². The van der Waals surface area contributed by atoms with Gasteiger partial charge in [0.15, 0.2) is 20.8 Å². The highest BCUT2D eigenvalue weighted by atomic mass is 35.5. The van der Waals surface area contributed by atoms with Crippen LogP contribution < -0.4 is 11.1 Å². The summed E-state index contributed by atoms with van der Waals surface area (Å²) in [5.41, 5.74) is 5.97. The van der Waals surface area contributed by atoms with E-state index in [9.17, 15) is 8.42 Å². The molecule has 94 valence electrons. The second kappa shape index (κ2) is 4.66. The number of hydrogen-bond acceptors (Lipinski definition) is 6. The Bertz CT molecular complexity index is 520. The molecule has 2 rings (SSSR count). The predicted molar refractivity (Wildman–Crippen MR) is 66.7 cm³/mol. The Kier molecular flexibility index (Phi) is 3.39. The number of sulfone groups is 1. The number of anilines is 2. The van der Waals surface area contributed by atoms with E-state index >= 15 is 0 Å². The first kappa shape index (κ1) is 12.4. The Morgan fingerprint density at radius 1 is 1.53 bits per heavy atom. The van der Waals surface area contributed by atoms with Crippen LogP contribution in [-0.2, 0) is 9.84 Å². The van der Waals surface area contributed by atoms with Crippen molar-refractivity contribution in [2.75, 3.05) is 29.1 Å². The largest absolute Gasteiger partial charge is 0.393 e. The maximum absolute atomic E-state index is 11.3. The molecular formula is C9H13ClN4O2S. The van der Waals surface area contributed by atoms with E-state index in [0.29, 0.717) is 18.8 Å². The summed E-state index contributed by atoms with van der Waals surface area (Å²) in [7, 11) is -2.85. The minimum absolute atomic E-state index is 0.105. The van der Waals surface area contributed by atoms with Crippen LogP contribution in [0.2, 0.25) is 5.15 Å². The fraction of sp³-hybridized carbons (Fsp3) is 0.556. The first-order valence-corrected chi connectivity index (χ1v) is 7.38. The van der Waals surface area contributed by atoms with Crippen LogP contribution in [0.15, 0.2) is 6.33 Å². The van der Waals surface area contributed by atoms with Crippen molar-refractivity contribution in [3.8, 4) is 0 Å². The molecule has 0 saturated carbocycles. The molecule has 6 nitrogen and oxygen atoms in total. The molecule has 0 bridgehead atoms. The number of rotatable bonds is 3. The Morgan fingerprint density at radius 2 is 2.29 bits per heavy atom. The number of nitrogens with two attached hydrogens (primary N) is 1. The summed E-state index contributed by atoms with van der Waals surface area (Å²) in [6.07, 6.45) is 1.99. The number of hydrogen-bond donors (Lipinski definition) is 2. The zero-order chi connectivity index (χ0) is 12.5. The summed E-state index contributed by atoms with van der Waals surface area (Å²) in [4.78, 5) is 7.69. The highest BCUT2D eigenvalue weighted by Crippen LogP contribution is 2.24. The Hall–Kier alpha value is -1.08. The average Bonchev–Trinajstić information content (AvgIpc) is 2.61. The quantitative estimate of drug-likeness (QED) is 0.783. The Balaban J connectivity index is 1.97. The van der Waals surface area contributed by atoms with Crippen molar-refractivity contribution in [3.63, 3.8) is 0 Å². The van der Waals surface area contributed by atoms with Crippen molar-refractivity contribution in [2.45, 2.75) is 6.42 Å². The summed E-state index contributed by atoms with van der Waals surface area (Å²) in [6.45, 7) is 0.525. The molecule has 0 aromatic carbocycles. The fourth-order valence-corrected chi connectivity index (χ4v) is 3.78. The predicted octanol–water partition coefficient (Wildman–Crippen LogP) is 0.559. The molecule has 8 heteroatoms. The standard InChI is InChI=1S/C9H13ClN4O2S/c10-8-7(11)9(14-5-13-8)12-3-6-1-2-17(15,16)4-6/h5-6H,1-4,11H2,(H,12,13,14). The van der Waals surface area contributed by atoms with Gasteiger partial charge in [-0.25, -0.2) is 18.4 Å². The van der Waals surface area contributed by atoms with Gasteiger partial charge < -0.3 is 11.1 Å². The smallest absolute Gasteiger partial charge is 0.157 e. The van der Waals surface area contributed by atoms with Gasteiger partial charge in [0.05, 0.1) is 11.5 Å². The number of halogens is 1. The Morgan fingerprint density at radius 3 is 2.94 bits per heavy atom. The monoisotopic (exact) mass is 276 g/mol. The molecule has 17 heavy (non-hydrogen) atoms. The minimum Gasteiger partial charge on any atom is -0.393 e. The minimum atomic E-state index is -2.85. The van der Waals surface area contributed by atoms with E-state index in [2.05, 4.69) is 15.3 Å². The summed E-state index contributed by atoms with van der Waals surface area (Å²) >= 11 is 5.74. The number of nitrogen functional groups attached to an aromatic ring is 1. The second-order valence-corrected chi connectivity index (χ2v) is 6.66. The lowest BCUT2D eigenvalue weighted by Gasteiger charge is -2.11. The zero-order valence-corrected chi connectivity index (χ0v) is 10.6. The maximum Gasteiger partial charge on any atom is 0.157 e. The Labute approximate surface area is 105 Å². The fourth-order valence-electron chi connectivity index (χ4n) is 1.79. The van der Waals surface area contributed by atoms with Gasteiger partial charge in [0.1, 0.15) is 12.0 Å². The van der Waals surface area contributed by atoms with Crippen LogP contribution >= 0.6 is 11.6 Å². The molecule has 3 N–H and O–H groups in total. The van der Waals surface area contributed by atoms with Gasteiger partial charge in [-0.1, -0.05) is 11.6 Å². The molecule has 0 radical (unpaired) electrons. The summed E-state index contributed by atoms with van der Waals surface area (Å²) < 4.78 is 22.5. The number of aromatic nitrogens is 2. The van der Waals surface area contributed by atoms with Crippen LogP contribution in [0.25, 0.3) is 0 Å². The van der Waals surface area contributed by atoms with Crippen LogP contribution in [0.3, 0.4) is 0 Å². The van der Waals surface area contributed by atoms with Gasteiger partial charge in [-0.3, -0.25) is 0 Å². The van der Waals surface area contributed by atoms with Crippen LogP contribution in [0.1, 0.15) is 6.42 Å². The van der Waals surface area contributed by atoms with Crippen molar-refractivity contribution in [3.05, 3.63) is 11.5 Å². The molecule has 1 aliphatic heterocycles. The van der Waals surface area contributed by atoms with E-state index in [1.807, 2.05) is 0 Å². The van der Waals surface area contributed by atoms with Gasteiger partial charge in [-0.05, 0) is 12.3 Å². The average molecular weight is 277 g/mol. The van der Waals surface area contributed by atoms with Crippen molar-refractivity contribution in [1.82, 2.24) is 9.97 Å². The van der Waals surface area contributed by atoms with Gasteiger partial charge in [-0.2, -0.15) is 0 Å². The highest BCUT2D eigenvalue weighted by molar-refractivity contribution is 7.91. The van der Waals surface area contributed by atoms with Gasteiger partial charge in [0, 0.05) is 6.54 Å². The zero-order valence-electron chi connectivity index (χ0n) is 9.06. The van der Waals surface area contributed by atoms with Gasteiger partial charge >= 0.3 is 0 Å². The topological polar surface area (TPSA) is 98.0 Å². The first-order valence-electron chi connectivity index (χ1n) is 5.18. The third-order valence-corrected chi connectivity index (χ3v) is 4.86. The van der Waals surface area contributed by atoms with Gasteiger partial charge in [-0.15, -0.1) is 0 Å². The van der Waals surface area contributed by atoms with E-state index in [1.54, 1.807) is 0 Å². The van der Waals surface area contributed by atoms with E-state index in [0.717, 1.165) is 0 Å². The molecule has 0 amide bonds. The van der Waals surface area contributed by atoms with Crippen LogP contribution in [-0.4, -0.2) is 36.4 Å². The summed E-state index contributed by atoms with van der Waals surface area (Å²) in [5.74, 6) is 1.04. The van der Waals surface area contributed by atoms with Crippen LogP contribution in [0.5, 0.6) is 0 Å². The summed E-state index contributed by atoms with van der Waals surface area (Å²) in [5, 5.41) is 3.20. The molecule has 1 aliphatic rings. The molecule has 0 spiro atoms. The molecule has 1 saturated heterocycles. The number of nitrogens with one attached hydrogen (secondary N) is 1. The lowest BCUT2D eigenvalue weighted by atomic mass is 10.1. The van der Waals surface area contributed by atoms with E-state index in [1.165, 1.54) is 6.33 Å². The molecular weight excluding hydrogens is 264 g/mol. The van der Waals surface area contributed by atoms with Crippen molar-refractivity contribution in [2.24, 2.45) is 5.92 Å². The van der Waals surface area contributed by atoms with Crippen LogP contribution in [0, 0.1) is 5.92 Å². The SMILES string of the molecule is Nc1c(Cl)ncnc1NCC1CCS(=O)(=O)C1. The molecule has 1 aromatic heterocycles. The third-order valence-electron chi connectivity index (χ3n) is 2.72. The lowest BCUT2D eigenvalue weighted by molar-refractivity contribution is 0.595. The normalized spacial score (nSPS) is 22.5. The van der Waals surface area contributed by atoms with E-state index < -0.39 is 9.84 Å². The molecule has 1 aromatic rings. The molecule has 1 fully saturated rings. The molecule has 1 atom stereocenters. The molecule has 0 aliphatic carbocycles.